The van der Waals surface area contributed by atoms with Crippen molar-refractivity contribution in [2.45, 2.75) is 150 Å². The van der Waals surface area contributed by atoms with Gasteiger partial charge in [0.1, 0.15) is 6.42 Å². The monoisotopic (exact) mass is 596 g/mol. The maximum absolute atomic E-state index is 11.6. The van der Waals surface area contributed by atoms with Gasteiger partial charge in [0.2, 0.25) is 5.91 Å². The lowest BCUT2D eigenvalue weighted by Gasteiger charge is -2.72. The Morgan fingerprint density at radius 1 is 0.791 bits per heavy atom. The fourth-order valence-electron chi connectivity index (χ4n) is 12.9. The Kier molecular flexibility index (Phi) is 9.29. The molecular weight excluding hydrogens is 532 g/mol. The quantitative estimate of drug-likeness (QED) is 0.127. The Balaban J connectivity index is 1.25. The zero-order valence-electron chi connectivity index (χ0n) is 28.6. The lowest BCUT2D eigenvalue weighted by Crippen LogP contribution is -2.68. The molecule has 244 valence electrons. The van der Waals surface area contributed by atoms with Gasteiger partial charge in [0.25, 0.3) is 0 Å². The van der Waals surface area contributed by atoms with Crippen molar-refractivity contribution in [3.05, 3.63) is 12.2 Å². The van der Waals surface area contributed by atoms with Crippen LogP contribution in [-0.2, 0) is 9.59 Å². The Bertz CT molecular complexity index is 1070. The van der Waals surface area contributed by atoms with Crippen LogP contribution in [0.3, 0.4) is 0 Å². The molecular formula is C38H64N2O3. The van der Waals surface area contributed by atoms with Crippen LogP contribution < -0.4 is 10.6 Å². The van der Waals surface area contributed by atoms with E-state index in [0.717, 1.165) is 50.0 Å². The Morgan fingerprint density at radius 2 is 1.51 bits per heavy atom. The second-order valence-corrected chi connectivity index (χ2v) is 17.4. The average molecular weight is 597 g/mol. The second-order valence-electron chi connectivity index (χ2n) is 17.4. The van der Waals surface area contributed by atoms with E-state index in [1.54, 1.807) is 0 Å². The molecule has 5 aliphatic rings. The highest BCUT2D eigenvalue weighted by Crippen LogP contribution is 2.76. The molecule has 4 unspecified atom stereocenters. The van der Waals surface area contributed by atoms with Crippen molar-refractivity contribution in [1.82, 2.24) is 10.6 Å². The summed E-state index contributed by atoms with van der Waals surface area (Å²) in [6.07, 6.45) is 19.1. The summed E-state index contributed by atoms with van der Waals surface area (Å²) in [5, 5.41) is 15.7. The highest BCUT2D eigenvalue weighted by Gasteiger charge is 2.70. The van der Waals surface area contributed by atoms with Crippen molar-refractivity contribution in [3.8, 4) is 0 Å². The van der Waals surface area contributed by atoms with Gasteiger partial charge in [-0.15, -0.1) is 0 Å². The standard InChI is InChI=1S/C38H64N2O3/c1-26(2)27-15-20-38(40-24-11-9-8-10-23-39-31(41)25-32(42)43)22-21-36(6)28(33(27)38)13-14-30-35(5)18-12-17-34(3,4)29(35)16-19-37(30,36)7/h27-30,33,40H,1,8-25H2,2-7H3,(H,39,41)(H,42,43)/t27-,28?,29?,30?,33?,35-,36+,37+,38-/m0/s1. The molecule has 5 fully saturated rings. The molecule has 5 aliphatic carbocycles. The van der Waals surface area contributed by atoms with Gasteiger partial charge in [-0.25, -0.2) is 0 Å². The topological polar surface area (TPSA) is 78.4 Å². The Morgan fingerprint density at radius 3 is 2.21 bits per heavy atom. The molecule has 0 aliphatic heterocycles. The van der Waals surface area contributed by atoms with Crippen molar-refractivity contribution in [2.75, 3.05) is 13.1 Å². The van der Waals surface area contributed by atoms with E-state index in [1.165, 1.54) is 76.2 Å². The number of carboxylic acids is 1. The van der Waals surface area contributed by atoms with Crippen molar-refractivity contribution in [2.24, 2.45) is 51.2 Å². The fraction of sp³-hybridized carbons (Fsp3) is 0.895. The minimum absolute atomic E-state index is 0.260. The first-order chi connectivity index (χ1) is 20.2. The zero-order chi connectivity index (χ0) is 31.3. The van der Waals surface area contributed by atoms with Gasteiger partial charge in [-0.1, -0.05) is 66.0 Å². The predicted octanol–water partition coefficient (Wildman–Crippen LogP) is 8.53. The molecule has 5 rings (SSSR count). The molecule has 5 nitrogen and oxygen atoms in total. The minimum atomic E-state index is -1.07. The summed E-state index contributed by atoms with van der Waals surface area (Å²) in [7, 11) is 0. The molecule has 43 heavy (non-hydrogen) atoms. The van der Waals surface area contributed by atoms with E-state index in [9.17, 15) is 9.59 Å². The number of aliphatic carboxylic acids is 1. The van der Waals surface area contributed by atoms with Crippen LogP contribution >= 0.6 is 0 Å². The molecule has 0 aromatic heterocycles. The molecule has 0 aromatic carbocycles. The summed E-state index contributed by atoms with van der Waals surface area (Å²) in [5.41, 5.74) is 3.50. The van der Waals surface area contributed by atoms with E-state index < -0.39 is 12.4 Å². The van der Waals surface area contributed by atoms with Gasteiger partial charge >= 0.3 is 5.97 Å². The van der Waals surface area contributed by atoms with Crippen molar-refractivity contribution >= 4 is 11.9 Å². The van der Waals surface area contributed by atoms with E-state index in [0.29, 0.717) is 40.0 Å². The molecule has 9 atom stereocenters. The SMILES string of the molecule is C=C(C)[C@@H]1CC[C@]2(NCCCCCCNC(=O)CC(=O)O)CC[C@]3(C)C(CCC4[C@@]5(C)CCCC(C)(C)C5CC[C@]43C)C12. The first-order valence-corrected chi connectivity index (χ1v) is 18.1. The number of carboxylic acid groups (broad SMARTS) is 1. The number of carbonyl (C=O) groups is 2. The maximum atomic E-state index is 11.6. The summed E-state index contributed by atoms with van der Waals surface area (Å²) < 4.78 is 0. The lowest BCUT2D eigenvalue weighted by molar-refractivity contribution is -0.231. The lowest BCUT2D eigenvalue weighted by atomic mass is 9.33. The zero-order valence-corrected chi connectivity index (χ0v) is 28.6. The summed E-state index contributed by atoms with van der Waals surface area (Å²) in [4.78, 5) is 22.2. The van der Waals surface area contributed by atoms with E-state index in [1.807, 2.05) is 0 Å². The van der Waals surface area contributed by atoms with Gasteiger partial charge < -0.3 is 15.7 Å². The number of carbonyl (C=O) groups excluding carboxylic acids is 1. The van der Waals surface area contributed by atoms with Crippen molar-refractivity contribution in [3.63, 3.8) is 0 Å². The first-order valence-electron chi connectivity index (χ1n) is 18.1. The third kappa shape index (κ3) is 5.65. The van der Waals surface area contributed by atoms with Gasteiger partial charge in [-0.05, 0) is 142 Å². The van der Waals surface area contributed by atoms with Crippen LogP contribution in [0.4, 0.5) is 0 Å². The van der Waals surface area contributed by atoms with Crippen LogP contribution in [0, 0.1) is 51.2 Å². The molecule has 1 amide bonds. The number of fused-ring (bicyclic) bond motifs is 7. The molecule has 0 aromatic rings. The maximum Gasteiger partial charge on any atom is 0.312 e. The van der Waals surface area contributed by atoms with Gasteiger partial charge in [0.15, 0.2) is 0 Å². The van der Waals surface area contributed by atoms with Gasteiger partial charge in [0, 0.05) is 12.1 Å². The number of rotatable bonds is 11. The summed E-state index contributed by atoms with van der Waals surface area (Å²) in [6.45, 7) is 22.0. The molecule has 5 saturated carbocycles. The largest absolute Gasteiger partial charge is 0.481 e. The van der Waals surface area contributed by atoms with E-state index in [4.69, 9.17) is 5.11 Å². The number of hydrogen-bond donors (Lipinski definition) is 3. The number of hydrogen-bond acceptors (Lipinski definition) is 3. The molecule has 3 N–H and O–H groups in total. The molecule has 0 saturated heterocycles. The summed E-state index contributed by atoms with van der Waals surface area (Å²) >= 11 is 0. The normalized spacial score (nSPS) is 43.1. The number of unbranched alkanes of at least 4 members (excludes halogenated alkanes) is 3. The van der Waals surface area contributed by atoms with E-state index >= 15 is 0 Å². The van der Waals surface area contributed by atoms with Crippen LogP contribution in [0.5, 0.6) is 0 Å². The molecule has 0 spiro atoms. The highest BCUT2D eigenvalue weighted by atomic mass is 16.4. The molecule has 0 radical (unpaired) electrons. The number of allylic oxidation sites excluding steroid dienone is 1. The average Bonchev–Trinajstić information content (AvgIpc) is 3.30. The van der Waals surface area contributed by atoms with Gasteiger partial charge in [0.05, 0.1) is 0 Å². The number of amides is 1. The van der Waals surface area contributed by atoms with Crippen LogP contribution in [-0.4, -0.2) is 35.6 Å². The molecule has 5 heteroatoms. The number of nitrogens with one attached hydrogen (secondary N) is 2. The second kappa shape index (κ2) is 12.1. The highest BCUT2D eigenvalue weighted by molar-refractivity contribution is 5.93. The van der Waals surface area contributed by atoms with E-state index in [-0.39, 0.29) is 11.4 Å². The third-order valence-electron chi connectivity index (χ3n) is 15.0. The van der Waals surface area contributed by atoms with Crippen LogP contribution in [0.1, 0.15) is 144 Å². The third-order valence-corrected chi connectivity index (χ3v) is 15.0. The fourth-order valence-corrected chi connectivity index (χ4v) is 12.9. The molecule has 0 heterocycles. The van der Waals surface area contributed by atoms with E-state index in [2.05, 4.69) is 58.8 Å². The van der Waals surface area contributed by atoms with Crippen LogP contribution in [0.2, 0.25) is 0 Å². The van der Waals surface area contributed by atoms with Crippen LogP contribution in [0.25, 0.3) is 0 Å². The van der Waals surface area contributed by atoms with Gasteiger partial charge in [-0.2, -0.15) is 0 Å². The summed E-state index contributed by atoms with van der Waals surface area (Å²) in [6, 6.07) is 0. The van der Waals surface area contributed by atoms with Crippen molar-refractivity contribution in [1.29, 1.82) is 0 Å². The Labute approximate surface area is 263 Å². The smallest absolute Gasteiger partial charge is 0.312 e. The summed E-state index contributed by atoms with van der Waals surface area (Å²) in [5.74, 6) is 2.43. The molecule has 0 bridgehead atoms. The Hall–Kier alpha value is -1.36. The van der Waals surface area contributed by atoms with Crippen LogP contribution in [0.15, 0.2) is 12.2 Å². The van der Waals surface area contributed by atoms with Crippen molar-refractivity contribution < 1.29 is 14.7 Å². The van der Waals surface area contributed by atoms with Gasteiger partial charge in [-0.3, -0.25) is 9.59 Å². The predicted molar refractivity (Wildman–Crippen MR) is 176 cm³/mol. The minimum Gasteiger partial charge on any atom is -0.481 e. The first kappa shape index (κ1) is 33.0.